The van der Waals surface area contributed by atoms with E-state index in [1.807, 2.05) is 6.92 Å². The highest BCUT2D eigenvalue weighted by atomic mass is 19.1. The van der Waals surface area contributed by atoms with E-state index < -0.39 is 17.4 Å². The van der Waals surface area contributed by atoms with Crippen molar-refractivity contribution in [3.63, 3.8) is 0 Å². The number of aldehydes is 1. The Balaban J connectivity index is 2.13. The maximum absolute atomic E-state index is 13.5. The Morgan fingerprint density at radius 1 is 1.37 bits per heavy atom. The van der Waals surface area contributed by atoms with E-state index in [-0.39, 0.29) is 18.0 Å². The number of nitrogens with zero attached hydrogens (tertiary/aromatic N) is 2. The molecular weight excluding hydrogens is 258 g/mol. The second-order valence-corrected chi connectivity index (χ2v) is 3.68. The summed E-state index contributed by atoms with van der Waals surface area (Å²) in [7, 11) is 0. The summed E-state index contributed by atoms with van der Waals surface area (Å²) in [6, 6.07) is 1.78. The Kier molecular flexibility index (Phi) is 3.84. The van der Waals surface area contributed by atoms with Crippen molar-refractivity contribution in [2.75, 3.05) is 0 Å². The first kappa shape index (κ1) is 13.1. The van der Waals surface area contributed by atoms with Crippen LogP contribution >= 0.6 is 0 Å². The first-order valence-electron chi connectivity index (χ1n) is 5.52. The van der Waals surface area contributed by atoms with Gasteiger partial charge in [-0.25, -0.2) is 8.78 Å². The van der Waals surface area contributed by atoms with Crippen molar-refractivity contribution in [3.8, 4) is 5.75 Å². The molecular formula is C12H10F2N2O3. The third kappa shape index (κ3) is 2.93. The van der Waals surface area contributed by atoms with Crippen LogP contribution in [0.3, 0.4) is 0 Å². The molecule has 0 radical (unpaired) electrons. The summed E-state index contributed by atoms with van der Waals surface area (Å²) in [5.41, 5.74) is -0.102. The van der Waals surface area contributed by atoms with E-state index in [1.54, 1.807) is 0 Å². The second kappa shape index (κ2) is 5.55. The standard InChI is InChI=1S/C12H10F2N2O3/c1-2-11-15-10(16-19-11)6-18-12-8(13)3-7(5-17)4-9(12)14/h3-5H,2,6H2,1H3. The minimum absolute atomic E-state index is 0.102. The molecule has 0 aliphatic rings. The van der Waals surface area contributed by atoms with Crippen molar-refractivity contribution >= 4 is 6.29 Å². The lowest BCUT2D eigenvalue weighted by atomic mass is 10.2. The van der Waals surface area contributed by atoms with Gasteiger partial charge in [-0.15, -0.1) is 0 Å². The van der Waals surface area contributed by atoms with Crippen molar-refractivity contribution in [3.05, 3.63) is 41.0 Å². The van der Waals surface area contributed by atoms with E-state index in [2.05, 4.69) is 10.1 Å². The minimum Gasteiger partial charge on any atom is -0.479 e. The van der Waals surface area contributed by atoms with Crippen molar-refractivity contribution in [1.82, 2.24) is 10.1 Å². The number of benzene rings is 1. The third-order valence-corrected chi connectivity index (χ3v) is 2.31. The molecule has 0 aliphatic heterocycles. The summed E-state index contributed by atoms with van der Waals surface area (Å²) >= 11 is 0. The smallest absolute Gasteiger partial charge is 0.226 e. The molecule has 0 fully saturated rings. The first-order chi connectivity index (χ1) is 9.13. The number of halogens is 2. The third-order valence-electron chi connectivity index (χ3n) is 2.31. The first-order valence-corrected chi connectivity index (χ1v) is 5.52. The molecule has 19 heavy (non-hydrogen) atoms. The summed E-state index contributed by atoms with van der Waals surface area (Å²) < 4.78 is 36.8. The number of aromatic nitrogens is 2. The van der Waals surface area contributed by atoms with Gasteiger partial charge < -0.3 is 9.26 Å². The van der Waals surface area contributed by atoms with Crippen LogP contribution in [0.5, 0.6) is 5.75 Å². The van der Waals surface area contributed by atoms with Gasteiger partial charge in [0, 0.05) is 12.0 Å². The maximum atomic E-state index is 13.5. The molecule has 100 valence electrons. The molecule has 1 aromatic carbocycles. The van der Waals surface area contributed by atoms with Crippen LogP contribution in [0, 0.1) is 11.6 Å². The maximum Gasteiger partial charge on any atom is 0.226 e. The molecule has 0 unspecified atom stereocenters. The molecule has 0 aliphatic carbocycles. The number of carbonyl (C=O) groups is 1. The summed E-state index contributed by atoms with van der Waals surface area (Å²) in [5.74, 6) is -1.89. The van der Waals surface area contributed by atoms with Gasteiger partial charge in [0.2, 0.25) is 11.7 Å². The SMILES string of the molecule is CCc1nc(COc2c(F)cc(C=O)cc2F)no1. The fourth-order valence-corrected chi connectivity index (χ4v) is 1.41. The molecule has 2 rings (SSSR count). The van der Waals surface area contributed by atoms with Crippen LogP contribution in [0.2, 0.25) is 0 Å². The molecule has 0 bridgehead atoms. The zero-order chi connectivity index (χ0) is 13.8. The summed E-state index contributed by atoms with van der Waals surface area (Å²) in [4.78, 5) is 14.4. The number of carbonyl (C=O) groups excluding carboxylic acids is 1. The zero-order valence-electron chi connectivity index (χ0n) is 10.0. The Labute approximate surface area is 107 Å². The van der Waals surface area contributed by atoms with Gasteiger partial charge in [-0.1, -0.05) is 12.1 Å². The normalized spacial score (nSPS) is 10.5. The van der Waals surface area contributed by atoms with E-state index in [9.17, 15) is 13.6 Å². The lowest BCUT2D eigenvalue weighted by molar-refractivity contribution is 0.112. The van der Waals surface area contributed by atoms with Crippen LogP contribution < -0.4 is 4.74 Å². The van der Waals surface area contributed by atoms with Crippen LogP contribution in [0.25, 0.3) is 0 Å². The largest absolute Gasteiger partial charge is 0.479 e. The number of aryl methyl sites for hydroxylation is 1. The fourth-order valence-electron chi connectivity index (χ4n) is 1.41. The molecule has 2 aromatic rings. The van der Waals surface area contributed by atoms with E-state index >= 15 is 0 Å². The fraction of sp³-hybridized carbons (Fsp3) is 0.250. The van der Waals surface area contributed by atoms with Crippen LogP contribution in [0.15, 0.2) is 16.7 Å². The van der Waals surface area contributed by atoms with E-state index in [0.29, 0.717) is 18.6 Å². The summed E-state index contributed by atoms with van der Waals surface area (Å²) in [5, 5.41) is 3.58. The second-order valence-electron chi connectivity index (χ2n) is 3.68. The predicted molar refractivity (Wildman–Crippen MR) is 59.8 cm³/mol. The lowest BCUT2D eigenvalue weighted by Crippen LogP contribution is -2.02. The van der Waals surface area contributed by atoms with Gasteiger partial charge in [0.1, 0.15) is 6.29 Å². The molecule has 5 nitrogen and oxygen atoms in total. The molecule has 0 saturated heterocycles. The van der Waals surface area contributed by atoms with Gasteiger partial charge in [0.15, 0.2) is 24.0 Å². The molecule has 1 heterocycles. The Morgan fingerprint density at radius 3 is 2.58 bits per heavy atom. The van der Waals surface area contributed by atoms with E-state index in [4.69, 9.17) is 9.26 Å². The Morgan fingerprint density at radius 2 is 2.05 bits per heavy atom. The highest BCUT2D eigenvalue weighted by molar-refractivity contribution is 5.75. The van der Waals surface area contributed by atoms with Gasteiger partial charge in [-0.3, -0.25) is 4.79 Å². The highest BCUT2D eigenvalue weighted by Crippen LogP contribution is 2.23. The van der Waals surface area contributed by atoms with Gasteiger partial charge in [-0.2, -0.15) is 4.98 Å². The van der Waals surface area contributed by atoms with Gasteiger partial charge in [-0.05, 0) is 12.1 Å². The van der Waals surface area contributed by atoms with Crippen molar-refractivity contribution in [1.29, 1.82) is 0 Å². The number of ether oxygens (including phenoxy) is 1. The topological polar surface area (TPSA) is 65.2 Å². The number of hydrogen-bond acceptors (Lipinski definition) is 5. The Hall–Kier alpha value is -2.31. The lowest BCUT2D eigenvalue weighted by Gasteiger charge is -2.06. The number of hydrogen-bond donors (Lipinski definition) is 0. The van der Waals surface area contributed by atoms with Crippen LogP contribution in [0.4, 0.5) is 8.78 Å². The molecule has 7 heteroatoms. The van der Waals surface area contributed by atoms with E-state index in [0.717, 1.165) is 12.1 Å². The Bertz CT molecular complexity index is 575. The molecule has 0 saturated carbocycles. The molecule has 0 spiro atoms. The van der Waals surface area contributed by atoms with Crippen molar-refractivity contribution < 1.29 is 22.8 Å². The molecule has 0 atom stereocenters. The minimum atomic E-state index is -0.957. The number of rotatable bonds is 5. The summed E-state index contributed by atoms with van der Waals surface area (Å²) in [6.45, 7) is 1.60. The quantitative estimate of drug-likeness (QED) is 0.778. The zero-order valence-corrected chi connectivity index (χ0v) is 10.0. The molecule has 1 aromatic heterocycles. The van der Waals surface area contributed by atoms with Crippen LogP contribution in [0.1, 0.15) is 29.0 Å². The molecule has 0 N–H and O–H groups in total. The predicted octanol–water partition coefficient (Wildman–Crippen LogP) is 2.30. The van der Waals surface area contributed by atoms with Gasteiger partial charge in [0.25, 0.3) is 0 Å². The van der Waals surface area contributed by atoms with Crippen LogP contribution in [-0.2, 0) is 13.0 Å². The molecule has 0 amide bonds. The van der Waals surface area contributed by atoms with Crippen molar-refractivity contribution in [2.45, 2.75) is 20.0 Å². The van der Waals surface area contributed by atoms with Gasteiger partial charge >= 0.3 is 0 Å². The van der Waals surface area contributed by atoms with Gasteiger partial charge in [0.05, 0.1) is 0 Å². The van der Waals surface area contributed by atoms with Crippen LogP contribution in [-0.4, -0.2) is 16.4 Å². The summed E-state index contributed by atoms with van der Waals surface area (Å²) in [6.07, 6.45) is 0.909. The average molecular weight is 268 g/mol. The monoisotopic (exact) mass is 268 g/mol. The average Bonchev–Trinajstić information content (AvgIpc) is 2.85. The highest BCUT2D eigenvalue weighted by Gasteiger charge is 2.14. The van der Waals surface area contributed by atoms with Crippen molar-refractivity contribution in [2.24, 2.45) is 0 Å². The van der Waals surface area contributed by atoms with E-state index in [1.165, 1.54) is 0 Å².